The number of likely N-dealkylation sites (N-methyl/N-ethyl adjacent to an activating group) is 1. The minimum atomic E-state index is -2.53. The highest BCUT2D eigenvalue weighted by Crippen LogP contribution is 2.46. The zero-order valence-electron chi connectivity index (χ0n) is 18.9. The second-order valence-electron chi connectivity index (χ2n) is 9.72. The number of alkyl halides is 2. The summed E-state index contributed by atoms with van der Waals surface area (Å²) in [5, 5.41) is 2.04. The number of anilines is 1. The maximum atomic E-state index is 13.5. The fourth-order valence-electron chi connectivity index (χ4n) is 5.17. The van der Waals surface area contributed by atoms with Gasteiger partial charge in [0.25, 0.3) is 0 Å². The molecule has 1 unspecified atom stereocenters. The quantitative estimate of drug-likeness (QED) is 0.456. The van der Waals surface area contributed by atoms with E-state index in [0.717, 1.165) is 47.8 Å². The Morgan fingerprint density at radius 1 is 1.24 bits per heavy atom. The Kier molecular flexibility index (Phi) is 6.22. The minimum Gasteiger partial charge on any atom is -0.361 e. The fraction of sp³-hybridized carbons (Fsp3) is 0.520. The van der Waals surface area contributed by atoms with Crippen LogP contribution in [-0.4, -0.2) is 59.8 Å². The van der Waals surface area contributed by atoms with E-state index >= 15 is 0 Å². The number of rotatable bonds is 8. The number of piperazine rings is 1. The lowest BCUT2D eigenvalue weighted by Gasteiger charge is -2.37. The van der Waals surface area contributed by atoms with Crippen molar-refractivity contribution in [1.29, 1.82) is 0 Å². The first-order chi connectivity index (χ1) is 15.9. The van der Waals surface area contributed by atoms with Gasteiger partial charge in [-0.2, -0.15) is 0 Å². The van der Waals surface area contributed by atoms with Gasteiger partial charge < -0.3 is 14.8 Å². The predicted molar refractivity (Wildman–Crippen MR) is 129 cm³/mol. The molecule has 1 N–H and O–H groups in total. The molecule has 8 heteroatoms. The number of thiazole rings is 1. The molecule has 33 heavy (non-hydrogen) atoms. The van der Waals surface area contributed by atoms with Gasteiger partial charge in [-0.25, -0.2) is 13.8 Å². The molecule has 5 nitrogen and oxygen atoms in total. The van der Waals surface area contributed by atoms with E-state index in [4.69, 9.17) is 0 Å². The van der Waals surface area contributed by atoms with E-state index in [1.165, 1.54) is 11.3 Å². The molecule has 1 saturated carbocycles. The van der Waals surface area contributed by atoms with Gasteiger partial charge in [-0.05, 0) is 43.4 Å². The second kappa shape index (κ2) is 9.14. The van der Waals surface area contributed by atoms with Gasteiger partial charge in [0.15, 0.2) is 10.9 Å². The van der Waals surface area contributed by atoms with Crippen LogP contribution in [0, 0.1) is 11.8 Å². The summed E-state index contributed by atoms with van der Waals surface area (Å²) in [6, 6.07) is 8.09. The number of benzene rings is 1. The number of carbonyl (C=O) groups is 1. The van der Waals surface area contributed by atoms with Crippen molar-refractivity contribution >= 4 is 33.2 Å². The molecule has 2 aromatic heterocycles. The van der Waals surface area contributed by atoms with Gasteiger partial charge in [-0.1, -0.05) is 29.5 Å². The third kappa shape index (κ3) is 5.11. The van der Waals surface area contributed by atoms with Crippen LogP contribution in [0.25, 0.3) is 10.9 Å². The van der Waals surface area contributed by atoms with Crippen LogP contribution >= 0.6 is 11.3 Å². The van der Waals surface area contributed by atoms with Gasteiger partial charge in [-0.15, -0.1) is 0 Å². The van der Waals surface area contributed by atoms with E-state index in [0.29, 0.717) is 24.1 Å². The number of nitrogens with zero attached hydrogens (tertiary/aromatic N) is 3. The number of ketones is 1. The number of H-pyrrole nitrogens is 1. The molecule has 0 bridgehead atoms. The number of aromatic amines is 1. The van der Waals surface area contributed by atoms with Gasteiger partial charge in [0.05, 0.1) is 11.1 Å². The third-order valence-electron chi connectivity index (χ3n) is 7.04. The largest absolute Gasteiger partial charge is 0.361 e. The van der Waals surface area contributed by atoms with Gasteiger partial charge in [0.2, 0.25) is 5.92 Å². The standard InChI is InChI=1S/C25H30F2N4OS/c1-30-6-8-31(9-7-30)24-29-16-23(33-24)22(32)12-17(10-18-13-25(26,27)14-18)11-19-15-28-21-5-3-2-4-20(19)21/h2-5,15-18,28H,6-14H2,1H3. The van der Waals surface area contributed by atoms with E-state index in [-0.39, 0.29) is 30.5 Å². The van der Waals surface area contributed by atoms with Gasteiger partial charge in [0, 0.05) is 62.5 Å². The molecule has 0 radical (unpaired) electrons. The van der Waals surface area contributed by atoms with Crippen molar-refractivity contribution in [2.45, 2.75) is 38.0 Å². The molecular formula is C25H30F2N4OS. The minimum absolute atomic E-state index is 0.00892. The lowest BCUT2D eigenvalue weighted by Crippen LogP contribution is -2.44. The number of carbonyl (C=O) groups excluding carboxylic acids is 1. The van der Waals surface area contributed by atoms with Crippen LogP contribution in [0.2, 0.25) is 0 Å². The molecule has 0 spiro atoms. The maximum absolute atomic E-state index is 13.5. The molecule has 3 aromatic rings. The highest BCUT2D eigenvalue weighted by Gasteiger charge is 2.45. The van der Waals surface area contributed by atoms with Crippen LogP contribution < -0.4 is 4.90 Å². The van der Waals surface area contributed by atoms with Crippen molar-refractivity contribution in [3.05, 3.63) is 47.1 Å². The number of nitrogens with one attached hydrogen (secondary N) is 1. The van der Waals surface area contributed by atoms with Crippen molar-refractivity contribution < 1.29 is 13.6 Å². The average Bonchev–Trinajstić information content (AvgIpc) is 3.41. The highest BCUT2D eigenvalue weighted by atomic mass is 32.1. The summed E-state index contributed by atoms with van der Waals surface area (Å²) in [6.07, 6.45) is 5.31. The molecule has 0 amide bonds. The second-order valence-corrected chi connectivity index (χ2v) is 10.7. The molecule has 5 rings (SSSR count). The van der Waals surface area contributed by atoms with Crippen LogP contribution in [0.3, 0.4) is 0 Å². The molecule has 1 aliphatic heterocycles. The number of hydrogen-bond acceptors (Lipinski definition) is 5. The number of aromatic nitrogens is 2. The summed E-state index contributed by atoms with van der Waals surface area (Å²) in [7, 11) is 2.11. The molecule has 1 saturated heterocycles. The molecule has 2 aliphatic rings. The van der Waals surface area contributed by atoms with Crippen LogP contribution in [0.1, 0.15) is 40.9 Å². The van der Waals surface area contributed by atoms with E-state index in [2.05, 4.69) is 32.9 Å². The third-order valence-corrected chi connectivity index (χ3v) is 8.14. The summed E-state index contributed by atoms with van der Waals surface area (Å²) in [5.41, 5.74) is 2.21. The first-order valence-corrected chi connectivity index (χ1v) is 12.5. The Labute approximate surface area is 196 Å². The Balaban J connectivity index is 1.28. The Bertz CT molecular complexity index is 1110. The van der Waals surface area contributed by atoms with E-state index in [9.17, 15) is 13.6 Å². The van der Waals surface area contributed by atoms with E-state index in [1.54, 1.807) is 6.20 Å². The van der Waals surface area contributed by atoms with Crippen LogP contribution in [-0.2, 0) is 6.42 Å². The number of para-hydroxylation sites is 1. The molecule has 1 aromatic carbocycles. The number of halogens is 2. The Morgan fingerprint density at radius 2 is 2.00 bits per heavy atom. The van der Waals surface area contributed by atoms with Gasteiger partial charge >= 0.3 is 0 Å². The summed E-state index contributed by atoms with van der Waals surface area (Å²) in [5.74, 6) is -2.43. The lowest BCUT2D eigenvalue weighted by atomic mass is 9.74. The van der Waals surface area contributed by atoms with Crippen molar-refractivity contribution in [2.75, 3.05) is 38.1 Å². The van der Waals surface area contributed by atoms with Crippen molar-refractivity contribution in [3.63, 3.8) is 0 Å². The Hall–Kier alpha value is -2.32. The molecule has 1 atom stereocenters. The van der Waals surface area contributed by atoms with E-state index in [1.807, 2.05) is 24.4 Å². The molecule has 1 aliphatic carbocycles. The highest BCUT2D eigenvalue weighted by molar-refractivity contribution is 7.17. The predicted octanol–water partition coefficient (Wildman–Crippen LogP) is 5.24. The zero-order chi connectivity index (χ0) is 23.0. The lowest BCUT2D eigenvalue weighted by molar-refractivity contribution is -0.115. The summed E-state index contributed by atoms with van der Waals surface area (Å²) >= 11 is 1.46. The van der Waals surface area contributed by atoms with E-state index < -0.39 is 5.92 Å². The van der Waals surface area contributed by atoms with Crippen LogP contribution in [0.5, 0.6) is 0 Å². The van der Waals surface area contributed by atoms with Gasteiger partial charge in [-0.3, -0.25) is 4.79 Å². The molecule has 3 heterocycles. The number of fused-ring (bicyclic) bond motifs is 1. The topological polar surface area (TPSA) is 52.2 Å². The normalized spacial score (nSPS) is 20.2. The smallest absolute Gasteiger partial charge is 0.248 e. The van der Waals surface area contributed by atoms with Crippen molar-refractivity contribution in [2.24, 2.45) is 11.8 Å². The number of Topliss-reactive ketones (excluding diaryl/α,β-unsaturated/α-hetero) is 1. The van der Waals surface area contributed by atoms with Crippen molar-refractivity contribution in [1.82, 2.24) is 14.9 Å². The first-order valence-electron chi connectivity index (χ1n) is 11.7. The fourth-order valence-corrected chi connectivity index (χ4v) is 6.09. The summed E-state index contributed by atoms with van der Waals surface area (Å²) < 4.78 is 26.9. The summed E-state index contributed by atoms with van der Waals surface area (Å²) in [4.78, 5) is 26.2. The molecular weight excluding hydrogens is 442 g/mol. The number of hydrogen-bond donors (Lipinski definition) is 1. The Morgan fingerprint density at radius 3 is 2.76 bits per heavy atom. The average molecular weight is 473 g/mol. The van der Waals surface area contributed by atoms with Crippen molar-refractivity contribution in [3.8, 4) is 0 Å². The maximum Gasteiger partial charge on any atom is 0.248 e. The first kappa shape index (κ1) is 22.5. The van der Waals surface area contributed by atoms with Crippen LogP contribution in [0.15, 0.2) is 36.7 Å². The zero-order valence-corrected chi connectivity index (χ0v) is 19.7. The van der Waals surface area contributed by atoms with Crippen LogP contribution in [0.4, 0.5) is 13.9 Å². The summed E-state index contributed by atoms with van der Waals surface area (Å²) in [6.45, 7) is 3.80. The molecule has 176 valence electrons. The SMILES string of the molecule is CN1CCN(c2ncc(C(=O)CC(Cc3c[nH]c4ccccc34)CC3CC(F)(F)C3)s2)CC1. The molecule has 2 fully saturated rings. The van der Waals surface area contributed by atoms with Gasteiger partial charge in [0.1, 0.15) is 0 Å². The monoisotopic (exact) mass is 472 g/mol.